The van der Waals surface area contributed by atoms with Crippen molar-refractivity contribution < 1.29 is 17.0 Å². The molecule has 109 valence electrons. The summed E-state index contributed by atoms with van der Waals surface area (Å²) in [5, 5.41) is 1.61. The second-order valence-corrected chi connectivity index (χ2v) is 14.4. The van der Waals surface area contributed by atoms with Crippen molar-refractivity contribution >= 4 is 35.4 Å². The van der Waals surface area contributed by atoms with Crippen molar-refractivity contribution in [1.82, 2.24) is 0 Å². The van der Waals surface area contributed by atoms with Gasteiger partial charge < -0.3 is 4.98 Å². The Morgan fingerprint density at radius 1 is 1.05 bits per heavy atom. The zero-order valence-corrected chi connectivity index (χ0v) is 18.1. The van der Waals surface area contributed by atoms with Gasteiger partial charge in [0.15, 0.2) is 0 Å². The van der Waals surface area contributed by atoms with Crippen molar-refractivity contribution in [3.8, 4) is 0 Å². The van der Waals surface area contributed by atoms with Gasteiger partial charge in [-0.25, -0.2) is 0 Å². The van der Waals surface area contributed by atoms with E-state index in [9.17, 15) is 0 Å². The minimum atomic E-state index is -1.60. The Hall–Kier alpha value is 1.90. The second kappa shape index (κ2) is 8.51. The van der Waals surface area contributed by atoms with E-state index in [4.69, 9.17) is 23.6 Å². The average Bonchev–Trinajstić information content (AvgIpc) is 2.44. The summed E-state index contributed by atoms with van der Waals surface area (Å²) in [4.78, 5) is 5.09. The Labute approximate surface area is 139 Å². The standard InChI is InChI=1S/C13H24NPSi.2ClH.Ti/c1-9-10(2)12(15-11(9)3)16(7,8)14-13(4,5)6;;;/h1-8H3;2*1H;/q-1;;;+2/p-2. The summed E-state index contributed by atoms with van der Waals surface area (Å²) < 4.78 is 0. The van der Waals surface area contributed by atoms with E-state index in [1.165, 1.54) is 26.1 Å². The molecule has 0 N–H and O–H groups in total. The number of halogens is 2. The summed E-state index contributed by atoms with van der Waals surface area (Å²) in [7, 11) is 9.60. The first kappa shape index (κ1) is 20.9. The molecule has 1 aliphatic heterocycles. The van der Waals surface area contributed by atoms with E-state index in [1.54, 1.807) is 5.28 Å². The van der Waals surface area contributed by atoms with Crippen LogP contribution in [0.15, 0.2) is 0 Å². The molecule has 0 aromatic heterocycles. The number of hydrogen-bond acceptors (Lipinski definition) is 0. The monoisotopic (exact) mass is 371 g/mol. The maximum absolute atomic E-state index is 5.09. The van der Waals surface area contributed by atoms with E-state index in [2.05, 4.69) is 54.6 Å². The van der Waals surface area contributed by atoms with Crippen molar-refractivity contribution in [2.75, 3.05) is 0 Å². The summed E-state index contributed by atoms with van der Waals surface area (Å²) in [5.41, 5.74) is 1.60. The van der Waals surface area contributed by atoms with Crippen molar-refractivity contribution in [2.45, 2.75) is 60.2 Å². The predicted molar refractivity (Wildman–Crippen MR) is 89.2 cm³/mol. The molecule has 6 heteroatoms. The quantitative estimate of drug-likeness (QED) is 0.387. The van der Waals surface area contributed by atoms with Crippen LogP contribution in [0.25, 0.3) is 4.98 Å². The molecule has 1 nitrogen and oxygen atoms in total. The topological polar surface area (TPSA) is 14.1 Å². The van der Waals surface area contributed by atoms with E-state index >= 15 is 0 Å². The van der Waals surface area contributed by atoms with Gasteiger partial charge in [0.25, 0.3) is 0 Å². The van der Waals surface area contributed by atoms with Crippen LogP contribution < -0.4 is 0 Å². The van der Waals surface area contributed by atoms with Gasteiger partial charge in [-0.15, -0.1) is 5.54 Å². The van der Waals surface area contributed by atoms with E-state index in [-0.39, 0.29) is 5.54 Å². The third kappa shape index (κ3) is 7.13. The molecule has 1 fully saturated rings. The normalized spacial score (nSPS) is 21.6. The van der Waals surface area contributed by atoms with Crippen LogP contribution in [0.1, 0.15) is 41.5 Å². The van der Waals surface area contributed by atoms with Crippen LogP contribution in [0.3, 0.4) is 0 Å². The molecule has 19 heavy (non-hydrogen) atoms. The van der Waals surface area contributed by atoms with Gasteiger partial charge in [0.05, 0.1) is 0 Å². The average molecular weight is 372 g/mol. The molecule has 0 aliphatic carbocycles. The van der Waals surface area contributed by atoms with Crippen LogP contribution in [0, 0.1) is 22.8 Å². The molecule has 0 amide bonds. The van der Waals surface area contributed by atoms with Crippen LogP contribution in [0.5, 0.6) is 0 Å². The first-order valence-electron chi connectivity index (χ1n) is 6.27. The molecular weight excluding hydrogens is 348 g/mol. The van der Waals surface area contributed by atoms with Gasteiger partial charge in [-0.2, -0.15) is 0 Å². The number of nitrogens with zero attached hydrogens (tertiary/aromatic N) is 1. The van der Waals surface area contributed by atoms with Gasteiger partial charge in [0.1, 0.15) is 0 Å². The Bertz CT molecular complexity index is 274. The Kier molecular flexibility index (Phi) is 9.36. The van der Waals surface area contributed by atoms with E-state index in [0.29, 0.717) is 0 Å². The van der Waals surface area contributed by atoms with Crippen LogP contribution >= 0.6 is 27.2 Å². The van der Waals surface area contributed by atoms with Gasteiger partial charge in [-0.1, -0.05) is 63.2 Å². The minimum absolute atomic E-state index is 0.0862. The van der Waals surface area contributed by atoms with Crippen LogP contribution in [-0.2, 0) is 17.0 Å². The van der Waals surface area contributed by atoms with Crippen LogP contribution in [0.2, 0.25) is 13.1 Å². The molecule has 0 bridgehead atoms. The molecule has 1 saturated heterocycles. The molecule has 0 aromatic rings. The fourth-order valence-corrected chi connectivity index (χ4v) is 7.91. The summed E-state index contributed by atoms with van der Waals surface area (Å²) in [6.07, 6.45) is 0. The van der Waals surface area contributed by atoms with Gasteiger partial charge in [-0.3, -0.25) is 0 Å². The Balaban J connectivity index is 0.000000982. The van der Waals surface area contributed by atoms with Gasteiger partial charge in [0, 0.05) is 5.66 Å². The van der Waals surface area contributed by atoms with E-state index in [1.807, 2.05) is 0 Å². The molecule has 0 aromatic carbocycles. The molecular formula is C13H24Cl2NPSiTi-. The van der Waals surface area contributed by atoms with Gasteiger partial charge >= 0.3 is 35.6 Å². The molecule has 5 radical (unpaired) electrons. The SMILES string of the molecule is C[C]1[P][C]([Si](C)(C)[N-]C(C)(C)C)[C](C)[C]1C.[Cl][Ti][Cl]. The van der Waals surface area contributed by atoms with E-state index < -0.39 is 25.3 Å². The first-order valence-corrected chi connectivity index (χ1v) is 14.4. The van der Waals surface area contributed by atoms with E-state index in [0.717, 1.165) is 0 Å². The second-order valence-electron chi connectivity index (χ2n) is 6.21. The van der Waals surface area contributed by atoms with Gasteiger partial charge in [0.2, 0.25) is 0 Å². The molecule has 1 rings (SSSR count). The van der Waals surface area contributed by atoms with Crippen LogP contribution in [-0.4, -0.2) is 13.8 Å². The summed E-state index contributed by atoms with van der Waals surface area (Å²) >= 11 is -0.556. The molecule has 0 unspecified atom stereocenters. The molecule has 1 heterocycles. The maximum atomic E-state index is 5.09. The summed E-state index contributed by atoms with van der Waals surface area (Å²) in [5.74, 6) is 2.99. The van der Waals surface area contributed by atoms with Crippen molar-refractivity contribution in [3.05, 3.63) is 27.8 Å². The summed E-state index contributed by atoms with van der Waals surface area (Å²) in [6, 6.07) is 0. The predicted octanol–water partition coefficient (Wildman–Crippen LogP) is 6.51. The van der Waals surface area contributed by atoms with Crippen LogP contribution in [0.4, 0.5) is 0 Å². The molecule has 0 saturated carbocycles. The third-order valence-electron chi connectivity index (χ3n) is 2.93. The fraction of sp³-hybridized carbons (Fsp3) is 0.692. The number of hydrogen-bond donors (Lipinski definition) is 0. The molecule has 0 atom stereocenters. The Morgan fingerprint density at radius 2 is 1.47 bits per heavy atom. The zero-order chi connectivity index (χ0) is 15.4. The third-order valence-corrected chi connectivity index (χ3v) is 8.91. The van der Waals surface area contributed by atoms with Crippen molar-refractivity contribution in [1.29, 1.82) is 0 Å². The zero-order valence-electron chi connectivity index (χ0n) is 13.2. The number of rotatable bonds is 2. The first-order chi connectivity index (χ1) is 8.46. The van der Waals surface area contributed by atoms with Crippen molar-refractivity contribution in [3.63, 3.8) is 0 Å². The van der Waals surface area contributed by atoms with Crippen molar-refractivity contribution in [2.24, 2.45) is 0 Å². The van der Waals surface area contributed by atoms with Gasteiger partial charge in [-0.05, 0) is 25.4 Å². The Morgan fingerprint density at radius 3 is 1.74 bits per heavy atom. The molecule has 0 spiro atoms. The summed E-state index contributed by atoms with van der Waals surface area (Å²) in [6.45, 7) is 18.1. The fourth-order valence-electron chi connectivity index (χ4n) is 2.27. The molecule has 1 aliphatic rings.